The first kappa shape index (κ1) is 22.3. The number of aryl methyl sites for hydroxylation is 1. The third-order valence-electron chi connectivity index (χ3n) is 4.58. The molecule has 0 radical (unpaired) electrons. The molecule has 1 fully saturated rings. The number of likely N-dealkylation sites (N-methyl/N-ethyl adjacent to an activating group) is 1. The van der Waals surface area contributed by atoms with Gasteiger partial charge in [0, 0.05) is 26.6 Å². The normalized spacial score (nSPS) is 19.3. The first-order valence-corrected chi connectivity index (χ1v) is 9.55. The van der Waals surface area contributed by atoms with E-state index in [1.165, 1.54) is 16.6 Å². The summed E-state index contributed by atoms with van der Waals surface area (Å²) in [7, 11) is 3.06. The number of para-hydroxylation sites is 1. The van der Waals surface area contributed by atoms with Gasteiger partial charge in [-0.05, 0) is 28.1 Å². The molecule has 7 nitrogen and oxygen atoms in total. The minimum absolute atomic E-state index is 0.125. The van der Waals surface area contributed by atoms with Crippen LogP contribution >= 0.6 is 27.5 Å². The maximum atomic E-state index is 13.9. The molecule has 0 unspecified atom stereocenters. The van der Waals surface area contributed by atoms with Gasteiger partial charge in [0.25, 0.3) is 0 Å². The number of ether oxygens (including phenoxy) is 1. The van der Waals surface area contributed by atoms with Crippen molar-refractivity contribution < 1.29 is 31.9 Å². The fraction of sp³-hybridized carbons (Fsp3) is 0.353. The van der Waals surface area contributed by atoms with Crippen LogP contribution in [0.3, 0.4) is 0 Å². The van der Waals surface area contributed by atoms with Crippen molar-refractivity contribution in [3.63, 3.8) is 0 Å². The molecule has 162 valence electrons. The summed E-state index contributed by atoms with van der Waals surface area (Å²) in [6, 6.07) is 2.89. The summed E-state index contributed by atoms with van der Waals surface area (Å²) in [5.74, 6) is -6.01. The molecule has 13 heteroatoms. The smallest absolute Gasteiger partial charge is 0.400 e. The Hall–Kier alpha value is -2.34. The number of halogens is 6. The van der Waals surface area contributed by atoms with Crippen LogP contribution in [-0.4, -0.2) is 46.4 Å². The highest BCUT2D eigenvalue weighted by molar-refractivity contribution is 9.10. The van der Waals surface area contributed by atoms with E-state index in [0.29, 0.717) is 10.2 Å². The zero-order chi connectivity index (χ0) is 22.4. The SMILES string of the molecule is CN1C[C@H](c2c(Br)c(Cl)nn2C)[C@@H](C(=O)Nc2cccc(F)c2OC(F)(F)F)C1=O. The van der Waals surface area contributed by atoms with Gasteiger partial charge in [-0.2, -0.15) is 5.10 Å². The number of hydrogen-bond donors (Lipinski definition) is 1. The molecule has 0 bridgehead atoms. The Bertz CT molecular complexity index is 1010. The molecule has 1 aromatic carbocycles. The Morgan fingerprint density at radius 3 is 2.60 bits per heavy atom. The number of carbonyl (C=O) groups excluding carboxylic acids is 2. The predicted octanol–water partition coefficient (Wildman–Crippen LogP) is 3.68. The summed E-state index contributed by atoms with van der Waals surface area (Å²) >= 11 is 9.28. The number of nitrogens with zero attached hydrogens (tertiary/aromatic N) is 3. The summed E-state index contributed by atoms with van der Waals surface area (Å²) in [5, 5.41) is 6.34. The number of benzene rings is 1. The minimum atomic E-state index is -5.18. The largest absolute Gasteiger partial charge is 0.573 e. The van der Waals surface area contributed by atoms with E-state index in [4.69, 9.17) is 11.6 Å². The van der Waals surface area contributed by atoms with Crippen molar-refractivity contribution in [1.82, 2.24) is 14.7 Å². The zero-order valence-electron chi connectivity index (χ0n) is 15.4. The highest BCUT2D eigenvalue weighted by Crippen LogP contribution is 2.40. The lowest BCUT2D eigenvalue weighted by atomic mass is 9.91. The maximum absolute atomic E-state index is 13.9. The van der Waals surface area contributed by atoms with Gasteiger partial charge in [0.2, 0.25) is 11.8 Å². The van der Waals surface area contributed by atoms with E-state index in [2.05, 4.69) is 31.1 Å². The van der Waals surface area contributed by atoms with Gasteiger partial charge >= 0.3 is 6.36 Å². The molecule has 2 atom stereocenters. The van der Waals surface area contributed by atoms with Crippen LogP contribution in [0.25, 0.3) is 0 Å². The molecule has 1 saturated heterocycles. The number of carbonyl (C=O) groups is 2. The summed E-state index contributed by atoms with van der Waals surface area (Å²) in [6.07, 6.45) is -5.18. The van der Waals surface area contributed by atoms with Crippen molar-refractivity contribution in [1.29, 1.82) is 0 Å². The van der Waals surface area contributed by atoms with Crippen LogP contribution in [0.2, 0.25) is 5.15 Å². The van der Waals surface area contributed by atoms with E-state index >= 15 is 0 Å². The quantitative estimate of drug-likeness (QED) is 0.500. The lowest BCUT2D eigenvalue weighted by molar-refractivity contribution is -0.275. The highest BCUT2D eigenvalue weighted by Gasteiger charge is 2.47. The van der Waals surface area contributed by atoms with Gasteiger partial charge < -0.3 is 15.0 Å². The number of nitrogens with one attached hydrogen (secondary N) is 1. The van der Waals surface area contributed by atoms with E-state index in [1.54, 1.807) is 7.05 Å². The summed E-state index contributed by atoms with van der Waals surface area (Å²) in [4.78, 5) is 26.9. The molecule has 1 aliphatic heterocycles. The Balaban J connectivity index is 1.96. The van der Waals surface area contributed by atoms with Crippen LogP contribution in [0, 0.1) is 11.7 Å². The summed E-state index contributed by atoms with van der Waals surface area (Å²) < 4.78 is 57.3. The minimum Gasteiger partial charge on any atom is -0.400 e. The molecule has 2 amide bonds. The Morgan fingerprint density at radius 2 is 2.03 bits per heavy atom. The molecule has 30 heavy (non-hydrogen) atoms. The average Bonchev–Trinajstić information content (AvgIpc) is 3.05. The molecular formula is C17H14BrClF4N4O3. The van der Waals surface area contributed by atoms with E-state index in [9.17, 15) is 27.2 Å². The fourth-order valence-corrected chi connectivity index (χ4v) is 4.20. The molecule has 1 aromatic heterocycles. The van der Waals surface area contributed by atoms with Gasteiger partial charge in [-0.25, -0.2) is 4.39 Å². The van der Waals surface area contributed by atoms with Crippen LogP contribution in [0.1, 0.15) is 11.6 Å². The van der Waals surface area contributed by atoms with Gasteiger partial charge in [0.15, 0.2) is 16.7 Å². The topological polar surface area (TPSA) is 76.5 Å². The van der Waals surface area contributed by atoms with Crippen LogP contribution in [0.4, 0.5) is 23.2 Å². The highest BCUT2D eigenvalue weighted by atomic mass is 79.9. The lowest BCUT2D eigenvalue weighted by Crippen LogP contribution is -2.33. The second-order valence-electron chi connectivity index (χ2n) is 6.57. The van der Waals surface area contributed by atoms with Crippen molar-refractivity contribution in [2.75, 3.05) is 18.9 Å². The molecule has 1 N–H and O–H groups in total. The lowest BCUT2D eigenvalue weighted by Gasteiger charge is -2.19. The monoisotopic (exact) mass is 512 g/mol. The van der Waals surface area contributed by atoms with E-state index in [-0.39, 0.29) is 11.7 Å². The van der Waals surface area contributed by atoms with Gasteiger partial charge in [-0.3, -0.25) is 14.3 Å². The average molecular weight is 514 g/mol. The van der Waals surface area contributed by atoms with Gasteiger partial charge in [0.05, 0.1) is 15.9 Å². The molecule has 0 spiro atoms. The molecule has 0 aliphatic carbocycles. The van der Waals surface area contributed by atoms with E-state index in [1.807, 2.05) is 0 Å². The molecule has 0 saturated carbocycles. The number of aromatic nitrogens is 2. The van der Waals surface area contributed by atoms with Gasteiger partial charge in [-0.1, -0.05) is 17.7 Å². The third-order valence-corrected chi connectivity index (χ3v) is 5.86. The first-order chi connectivity index (χ1) is 13.9. The van der Waals surface area contributed by atoms with Crippen molar-refractivity contribution >= 4 is 45.0 Å². The van der Waals surface area contributed by atoms with Crippen LogP contribution in [-0.2, 0) is 16.6 Å². The Kier molecular flexibility index (Phi) is 6.01. The van der Waals surface area contributed by atoms with Crippen molar-refractivity contribution in [3.8, 4) is 5.75 Å². The Morgan fingerprint density at radius 1 is 1.37 bits per heavy atom. The van der Waals surface area contributed by atoms with Crippen molar-refractivity contribution in [2.45, 2.75) is 12.3 Å². The molecular weight excluding hydrogens is 500 g/mol. The number of hydrogen-bond acceptors (Lipinski definition) is 4. The Labute approximate surface area is 181 Å². The molecule has 2 aromatic rings. The maximum Gasteiger partial charge on any atom is 0.573 e. The standard InChI is InChI=1S/C17H14BrClF4N4O3/c1-26-6-7(12-11(18)14(19)25-27(12)2)10(16(26)29)15(28)24-9-5-3-4-8(20)13(9)30-17(21,22)23/h3-5,7,10H,6H2,1-2H3,(H,24,28)/t7-,10-/m0/s1. The van der Waals surface area contributed by atoms with Crippen LogP contribution in [0.5, 0.6) is 5.75 Å². The van der Waals surface area contributed by atoms with Gasteiger partial charge in [-0.15, -0.1) is 13.2 Å². The van der Waals surface area contributed by atoms with E-state index in [0.717, 1.165) is 18.2 Å². The first-order valence-electron chi connectivity index (χ1n) is 8.38. The summed E-state index contributed by atoms with van der Waals surface area (Å²) in [5.41, 5.74) is -0.0932. The fourth-order valence-electron chi connectivity index (χ4n) is 3.36. The van der Waals surface area contributed by atoms with Crippen molar-refractivity contribution in [3.05, 3.63) is 39.3 Å². The number of likely N-dealkylation sites (tertiary alicyclic amines) is 1. The molecule has 2 heterocycles. The van der Waals surface area contributed by atoms with Crippen molar-refractivity contribution in [2.24, 2.45) is 13.0 Å². The van der Waals surface area contributed by atoms with E-state index < -0.39 is 47.3 Å². The van der Waals surface area contributed by atoms with Gasteiger partial charge in [0.1, 0.15) is 5.92 Å². The molecule has 1 aliphatic rings. The molecule has 3 rings (SSSR count). The number of rotatable bonds is 4. The summed E-state index contributed by atoms with van der Waals surface area (Å²) in [6.45, 7) is 0.139. The van der Waals surface area contributed by atoms with Crippen LogP contribution < -0.4 is 10.1 Å². The van der Waals surface area contributed by atoms with Crippen LogP contribution in [0.15, 0.2) is 22.7 Å². The number of alkyl halides is 3. The third kappa shape index (κ3) is 4.24. The number of anilines is 1. The second kappa shape index (κ2) is 8.06. The number of amides is 2. The zero-order valence-corrected chi connectivity index (χ0v) is 17.8. The predicted molar refractivity (Wildman–Crippen MR) is 101 cm³/mol. The second-order valence-corrected chi connectivity index (χ2v) is 7.72.